The maximum Gasteiger partial charge on any atom is 0.317 e. The largest absolute Gasteiger partial charge is 0.480 e. The van der Waals surface area contributed by atoms with Crippen LogP contribution in [0, 0.1) is 0 Å². The summed E-state index contributed by atoms with van der Waals surface area (Å²) in [5, 5.41) is 11.6. The van der Waals surface area contributed by atoms with Gasteiger partial charge in [-0.3, -0.25) is 14.6 Å². The standard InChI is InChI=1S/C20H26N2O2/c1-2-22(15-20(23)24)19-9-11-21(12-10-19)14-16-7-8-17-5-3-4-6-18(17)13-16/h3-8,13,19H,2,9-12,14-15H2,1H3,(H,23,24). The minimum atomic E-state index is -0.726. The van der Waals surface area contributed by atoms with E-state index in [2.05, 4.69) is 52.3 Å². The summed E-state index contributed by atoms with van der Waals surface area (Å²) in [4.78, 5) is 15.5. The Bertz CT molecular complexity index is 693. The van der Waals surface area contributed by atoms with Gasteiger partial charge in [0.15, 0.2) is 0 Å². The summed E-state index contributed by atoms with van der Waals surface area (Å²) in [6, 6.07) is 15.6. The van der Waals surface area contributed by atoms with Crippen molar-refractivity contribution in [2.75, 3.05) is 26.2 Å². The number of hydrogen-bond donors (Lipinski definition) is 1. The molecule has 0 atom stereocenters. The number of fused-ring (bicyclic) bond motifs is 1. The molecule has 0 bridgehead atoms. The lowest BCUT2D eigenvalue weighted by molar-refractivity contribution is -0.139. The number of likely N-dealkylation sites (N-methyl/N-ethyl adjacent to an activating group) is 1. The zero-order chi connectivity index (χ0) is 16.9. The Morgan fingerprint density at radius 2 is 1.88 bits per heavy atom. The molecule has 1 fully saturated rings. The Hall–Kier alpha value is -1.91. The molecule has 3 rings (SSSR count). The summed E-state index contributed by atoms with van der Waals surface area (Å²) in [6.45, 7) is 6.06. The fraction of sp³-hybridized carbons (Fsp3) is 0.450. The fourth-order valence-electron chi connectivity index (χ4n) is 3.71. The Balaban J connectivity index is 1.57. The first kappa shape index (κ1) is 16.9. The highest BCUT2D eigenvalue weighted by Crippen LogP contribution is 2.21. The molecule has 1 aliphatic rings. The van der Waals surface area contributed by atoms with Crippen molar-refractivity contribution in [2.45, 2.75) is 32.4 Å². The molecule has 4 heteroatoms. The van der Waals surface area contributed by atoms with Gasteiger partial charge in [0.05, 0.1) is 6.54 Å². The molecule has 1 N–H and O–H groups in total. The summed E-state index contributed by atoms with van der Waals surface area (Å²) in [6.07, 6.45) is 2.10. The summed E-state index contributed by atoms with van der Waals surface area (Å²) in [7, 11) is 0. The molecule has 2 aromatic carbocycles. The first-order chi connectivity index (χ1) is 11.7. The van der Waals surface area contributed by atoms with Crippen molar-refractivity contribution < 1.29 is 9.90 Å². The molecule has 0 aromatic heterocycles. The number of piperidine rings is 1. The number of benzene rings is 2. The topological polar surface area (TPSA) is 43.8 Å². The number of hydrogen-bond acceptors (Lipinski definition) is 3. The van der Waals surface area contributed by atoms with Crippen LogP contribution in [-0.4, -0.2) is 53.1 Å². The molecular formula is C20H26N2O2. The van der Waals surface area contributed by atoms with Gasteiger partial charge in [0, 0.05) is 12.6 Å². The summed E-state index contributed by atoms with van der Waals surface area (Å²) in [5.74, 6) is -0.726. The molecule has 4 nitrogen and oxygen atoms in total. The van der Waals surface area contributed by atoms with Crippen LogP contribution in [0.2, 0.25) is 0 Å². The maximum absolute atomic E-state index is 11.0. The van der Waals surface area contributed by atoms with Gasteiger partial charge < -0.3 is 5.11 Å². The highest BCUT2D eigenvalue weighted by Gasteiger charge is 2.24. The molecule has 1 saturated heterocycles. The second-order valence-corrected chi connectivity index (χ2v) is 6.65. The minimum Gasteiger partial charge on any atom is -0.480 e. The molecule has 0 aliphatic carbocycles. The van der Waals surface area contributed by atoms with E-state index in [9.17, 15) is 4.79 Å². The van der Waals surface area contributed by atoms with E-state index in [1.165, 1.54) is 16.3 Å². The third-order valence-electron chi connectivity index (χ3n) is 5.04. The Labute approximate surface area is 143 Å². The molecule has 0 radical (unpaired) electrons. The van der Waals surface area contributed by atoms with Crippen LogP contribution in [0.15, 0.2) is 42.5 Å². The number of nitrogens with zero attached hydrogens (tertiary/aromatic N) is 2. The van der Waals surface area contributed by atoms with Crippen molar-refractivity contribution in [3.05, 3.63) is 48.0 Å². The average molecular weight is 326 g/mol. The van der Waals surface area contributed by atoms with Crippen molar-refractivity contribution >= 4 is 16.7 Å². The van der Waals surface area contributed by atoms with Crippen molar-refractivity contribution in [1.82, 2.24) is 9.80 Å². The fourth-order valence-corrected chi connectivity index (χ4v) is 3.71. The van der Waals surface area contributed by atoms with E-state index >= 15 is 0 Å². The van der Waals surface area contributed by atoms with Gasteiger partial charge in [-0.2, -0.15) is 0 Å². The predicted octanol–water partition coefficient (Wildman–Crippen LogP) is 3.21. The van der Waals surface area contributed by atoms with E-state index in [1.54, 1.807) is 0 Å². The number of likely N-dealkylation sites (tertiary alicyclic amines) is 1. The van der Waals surface area contributed by atoms with E-state index in [1.807, 2.05) is 6.92 Å². The zero-order valence-corrected chi connectivity index (χ0v) is 14.3. The Morgan fingerprint density at radius 3 is 2.54 bits per heavy atom. The number of carboxylic acid groups (broad SMARTS) is 1. The lowest BCUT2D eigenvalue weighted by Crippen LogP contribution is -2.46. The van der Waals surface area contributed by atoms with Crippen LogP contribution in [0.25, 0.3) is 10.8 Å². The molecule has 24 heavy (non-hydrogen) atoms. The summed E-state index contributed by atoms with van der Waals surface area (Å²) >= 11 is 0. The van der Waals surface area contributed by atoms with Crippen molar-refractivity contribution in [2.24, 2.45) is 0 Å². The van der Waals surface area contributed by atoms with Crippen LogP contribution in [0.1, 0.15) is 25.3 Å². The van der Waals surface area contributed by atoms with E-state index in [0.29, 0.717) is 6.04 Å². The molecular weight excluding hydrogens is 300 g/mol. The first-order valence-corrected chi connectivity index (χ1v) is 8.81. The molecule has 0 unspecified atom stereocenters. The van der Waals surface area contributed by atoms with Gasteiger partial charge in [-0.15, -0.1) is 0 Å². The summed E-state index contributed by atoms with van der Waals surface area (Å²) in [5.41, 5.74) is 1.35. The maximum atomic E-state index is 11.0. The monoisotopic (exact) mass is 326 g/mol. The van der Waals surface area contributed by atoms with Crippen LogP contribution in [0.5, 0.6) is 0 Å². The van der Waals surface area contributed by atoms with Crippen molar-refractivity contribution in [1.29, 1.82) is 0 Å². The van der Waals surface area contributed by atoms with E-state index in [4.69, 9.17) is 5.11 Å². The SMILES string of the molecule is CCN(CC(=O)O)C1CCN(Cc2ccc3ccccc3c2)CC1. The minimum absolute atomic E-state index is 0.159. The molecule has 128 valence electrons. The first-order valence-electron chi connectivity index (χ1n) is 8.81. The second-order valence-electron chi connectivity index (χ2n) is 6.65. The predicted molar refractivity (Wildman–Crippen MR) is 97.1 cm³/mol. The van der Waals surface area contributed by atoms with Crippen LogP contribution < -0.4 is 0 Å². The lowest BCUT2D eigenvalue weighted by atomic mass is 10.0. The highest BCUT2D eigenvalue weighted by molar-refractivity contribution is 5.82. The highest BCUT2D eigenvalue weighted by atomic mass is 16.4. The van der Waals surface area contributed by atoms with Crippen LogP contribution in [0.3, 0.4) is 0 Å². The van der Waals surface area contributed by atoms with Crippen LogP contribution in [-0.2, 0) is 11.3 Å². The van der Waals surface area contributed by atoms with Gasteiger partial charge in [-0.25, -0.2) is 0 Å². The van der Waals surface area contributed by atoms with Crippen LogP contribution >= 0.6 is 0 Å². The third kappa shape index (κ3) is 4.13. The van der Waals surface area contributed by atoms with Crippen molar-refractivity contribution in [3.8, 4) is 0 Å². The van der Waals surface area contributed by atoms with E-state index in [0.717, 1.165) is 39.0 Å². The zero-order valence-electron chi connectivity index (χ0n) is 14.3. The van der Waals surface area contributed by atoms with E-state index < -0.39 is 5.97 Å². The molecule has 1 heterocycles. The number of aliphatic carboxylic acids is 1. The van der Waals surface area contributed by atoms with Crippen molar-refractivity contribution in [3.63, 3.8) is 0 Å². The summed E-state index contributed by atoms with van der Waals surface area (Å²) < 4.78 is 0. The Morgan fingerprint density at radius 1 is 1.17 bits per heavy atom. The molecule has 0 amide bonds. The van der Waals surface area contributed by atoms with Gasteiger partial charge in [-0.1, -0.05) is 43.3 Å². The quantitative estimate of drug-likeness (QED) is 0.885. The second kappa shape index (κ2) is 7.77. The Kier molecular flexibility index (Phi) is 5.48. The molecule has 1 aliphatic heterocycles. The molecule has 2 aromatic rings. The normalized spacial score (nSPS) is 16.8. The molecule has 0 spiro atoms. The van der Waals surface area contributed by atoms with Crippen LogP contribution in [0.4, 0.5) is 0 Å². The third-order valence-corrected chi connectivity index (χ3v) is 5.04. The smallest absolute Gasteiger partial charge is 0.317 e. The van der Waals surface area contributed by atoms with Gasteiger partial charge in [0.1, 0.15) is 0 Å². The van der Waals surface area contributed by atoms with E-state index in [-0.39, 0.29) is 6.54 Å². The average Bonchev–Trinajstić information content (AvgIpc) is 2.60. The van der Waals surface area contributed by atoms with Gasteiger partial charge in [-0.05, 0) is 54.9 Å². The number of carbonyl (C=O) groups is 1. The van der Waals surface area contributed by atoms with Gasteiger partial charge in [0.2, 0.25) is 0 Å². The number of carboxylic acids is 1. The van der Waals surface area contributed by atoms with Gasteiger partial charge in [0.25, 0.3) is 0 Å². The lowest BCUT2D eigenvalue weighted by Gasteiger charge is -2.37. The van der Waals surface area contributed by atoms with Gasteiger partial charge >= 0.3 is 5.97 Å². The number of rotatable bonds is 6. The molecule has 0 saturated carbocycles.